The van der Waals surface area contributed by atoms with Crippen molar-refractivity contribution in [3.8, 4) is 11.1 Å². The van der Waals surface area contributed by atoms with Crippen LogP contribution in [0.5, 0.6) is 0 Å². The average Bonchev–Trinajstić information content (AvgIpc) is 2.29. The summed E-state index contributed by atoms with van der Waals surface area (Å²) in [5.41, 5.74) is 1.88. The lowest BCUT2D eigenvalue weighted by Gasteiger charge is -2.05. The molecule has 0 bridgehead atoms. The normalized spacial score (nSPS) is 10.2. The van der Waals surface area contributed by atoms with Gasteiger partial charge >= 0.3 is 5.97 Å². The van der Waals surface area contributed by atoms with Gasteiger partial charge in [0.15, 0.2) is 0 Å². The van der Waals surface area contributed by atoms with E-state index in [1.165, 1.54) is 0 Å². The van der Waals surface area contributed by atoms with Crippen molar-refractivity contribution < 1.29 is 9.90 Å². The fourth-order valence-electron chi connectivity index (χ4n) is 1.54. The predicted molar refractivity (Wildman–Crippen MR) is 71.5 cm³/mol. The van der Waals surface area contributed by atoms with Crippen molar-refractivity contribution in [2.24, 2.45) is 0 Å². The maximum Gasteiger partial charge on any atom is 0.337 e. The highest BCUT2D eigenvalue weighted by Crippen LogP contribution is 2.27. The standard InChI is InChI=1S/C13H8BrClO2/c14-10-3-1-2-8(6-10)9-4-5-12(15)11(7-9)13(16)17/h1-7H,(H,16,17). The predicted octanol–water partition coefficient (Wildman–Crippen LogP) is 4.47. The third-order valence-corrected chi connectivity index (χ3v) is 3.18. The molecule has 86 valence electrons. The van der Waals surface area contributed by atoms with Gasteiger partial charge in [-0.25, -0.2) is 4.79 Å². The van der Waals surface area contributed by atoms with Crippen LogP contribution in [-0.2, 0) is 0 Å². The number of benzene rings is 2. The minimum Gasteiger partial charge on any atom is -0.478 e. The Bertz CT molecular complexity index is 581. The highest BCUT2D eigenvalue weighted by molar-refractivity contribution is 9.10. The molecule has 0 spiro atoms. The van der Waals surface area contributed by atoms with Gasteiger partial charge in [0, 0.05) is 4.47 Å². The van der Waals surface area contributed by atoms with Crippen molar-refractivity contribution in [1.29, 1.82) is 0 Å². The van der Waals surface area contributed by atoms with Gasteiger partial charge in [-0.1, -0.05) is 45.7 Å². The average molecular weight is 312 g/mol. The molecule has 2 nitrogen and oxygen atoms in total. The van der Waals surface area contributed by atoms with Crippen molar-refractivity contribution in [1.82, 2.24) is 0 Å². The molecule has 2 aromatic rings. The second-order valence-corrected chi connectivity index (χ2v) is 4.83. The van der Waals surface area contributed by atoms with Gasteiger partial charge in [-0.3, -0.25) is 0 Å². The molecule has 0 heterocycles. The van der Waals surface area contributed by atoms with Gasteiger partial charge in [-0.2, -0.15) is 0 Å². The number of halogens is 2. The lowest BCUT2D eigenvalue weighted by molar-refractivity contribution is 0.0697. The van der Waals surface area contributed by atoms with Crippen LogP contribution in [-0.4, -0.2) is 11.1 Å². The van der Waals surface area contributed by atoms with Crippen molar-refractivity contribution in [2.75, 3.05) is 0 Å². The SMILES string of the molecule is O=C(O)c1cc(-c2cccc(Br)c2)ccc1Cl. The van der Waals surface area contributed by atoms with E-state index in [1.54, 1.807) is 18.2 Å². The molecule has 0 fully saturated rings. The summed E-state index contributed by atoms with van der Waals surface area (Å²) in [4.78, 5) is 11.0. The van der Waals surface area contributed by atoms with Gasteiger partial charge in [0.05, 0.1) is 10.6 Å². The minimum atomic E-state index is -1.02. The summed E-state index contributed by atoms with van der Waals surface area (Å²) in [5.74, 6) is -1.02. The van der Waals surface area contributed by atoms with E-state index in [0.29, 0.717) is 0 Å². The molecule has 1 N–H and O–H groups in total. The van der Waals surface area contributed by atoms with E-state index in [-0.39, 0.29) is 10.6 Å². The number of rotatable bonds is 2. The molecular weight excluding hydrogens is 303 g/mol. The molecular formula is C13H8BrClO2. The van der Waals surface area contributed by atoms with Crippen LogP contribution in [0, 0.1) is 0 Å². The van der Waals surface area contributed by atoms with Gasteiger partial charge in [0.1, 0.15) is 0 Å². The Morgan fingerprint density at radius 2 is 1.82 bits per heavy atom. The number of carbonyl (C=O) groups is 1. The molecule has 0 atom stereocenters. The Morgan fingerprint density at radius 3 is 2.47 bits per heavy atom. The molecule has 2 rings (SSSR count). The van der Waals surface area contributed by atoms with E-state index in [9.17, 15) is 4.79 Å². The van der Waals surface area contributed by atoms with Crippen molar-refractivity contribution in [2.45, 2.75) is 0 Å². The number of carboxylic acid groups (broad SMARTS) is 1. The molecule has 2 aromatic carbocycles. The lowest BCUT2D eigenvalue weighted by Crippen LogP contribution is -1.97. The van der Waals surface area contributed by atoms with Crippen LogP contribution in [0.25, 0.3) is 11.1 Å². The number of aromatic carboxylic acids is 1. The van der Waals surface area contributed by atoms with E-state index < -0.39 is 5.97 Å². The number of hydrogen-bond acceptors (Lipinski definition) is 1. The van der Waals surface area contributed by atoms with Crippen molar-refractivity contribution in [3.05, 3.63) is 57.5 Å². The van der Waals surface area contributed by atoms with Crippen LogP contribution in [0.1, 0.15) is 10.4 Å². The largest absolute Gasteiger partial charge is 0.478 e. The smallest absolute Gasteiger partial charge is 0.337 e. The topological polar surface area (TPSA) is 37.3 Å². The van der Waals surface area contributed by atoms with E-state index in [2.05, 4.69) is 15.9 Å². The summed E-state index contributed by atoms with van der Waals surface area (Å²) in [6, 6.07) is 12.6. The molecule has 4 heteroatoms. The molecule has 0 unspecified atom stereocenters. The Labute approximate surface area is 112 Å². The second kappa shape index (κ2) is 4.90. The molecule has 0 aromatic heterocycles. The fraction of sp³-hybridized carbons (Fsp3) is 0. The van der Waals surface area contributed by atoms with Crippen molar-refractivity contribution >= 4 is 33.5 Å². The molecule has 0 saturated carbocycles. The third-order valence-electron chi connectivity index (χ3n) is 2.35. The van der Waals surface area contributed by atoms with Gasteiger partial charge in [-0.05, 0) is 35.4 Å². The van der Waals surface area contributed by atoms with Crippen LogP contribution in [0.3, 0.4) is 0 Å². The molecule has 0 aliphatic heterocycles. The molecule has 0 radical (unpaired) electrons. The molecule has 0 aliphatic carbocycles. The van der Waals surface area contributed by atoms with Gasteiger partial charge < -0.3 is 5.11 Å². The van der Waals surface area contributed by atoms with Gasteiger partial charge in [-0.15, -0.1) is 0 Å². The summed E-state index contributed by atoms with van der Waals surface area (Å²) >= 11 is 9.20. The summed E-state index contributed by atoms with van der Waals surface area (Å²) in [5, 5.41) is 9.24. The number of carboxylic acids is 1. The molecule has 0 amide bonds. The Kier molecular flexibility index (Phi) is 3.50. The second-order valence-electron chi connectivity index (χ2n) is 3.51. The Morgan fingerprint density at radius 1 is 1.12 bits per heavy atom. The zero-order valence-electron chi connectivity index (χ0n) is 8.65. The van der Waals surface area contributed by atoms with Crippen LogP contribution >= 0.6 is 27.5 Å². The highest BCUT2D eigenvalue weighted by Gasteiger charge is 2.10. The first-order valence-electron chi connectivity index (χ1n) is 4.87. The van der Waals surface area contributed by atoms with Crippen LogP contribution in [0.4, 0.5) is 0 Å². The Hall–Kier alpha value is -1.32. The highest BCUT2D eigenvalue weighted by atomic mass is 79.9. The third kappa shape index (κ3) is 2.68. The lowest BCUT2D eigenvalue weighted by atomic mass is 10.0. The van der Waals surface area contributed by atoms with Gasteiger partial charge in [0.25, 0.3) is 0 Å². The maximum atomic E-state index is 11.0. The number of hydrogen-bond donors (Lipinski definition) is 1. The summed E-state index contributed by atoms with van der Waals surface area (Å²) < 4.78 is 0.946. The van der Waals surface area contributed by atoms with Crippen LogP contribution in [0.15, 0.2) is 46.9 Å². The first-order chi connectivity index (χ1) is 8.08. The minimum absolute atomic E-state index is 0.115. The first kappa shape index (κ1) is 12.1. The van der Waals surface area contributed by atoms with E-state index >= 15 is 0 Å². The molecule has 0 saturated heterocycles. The monoisotopic (exact) mass is 310 g/mol. The zero-order chi connectivity index (χ0) is 12.4. The first-order valence-corrected chi connectivity index (χ1v) is 6.04. The molecule has 17 heavy (non-hydrogen) atoms. The summed E-state index contributed by atoms with van der Waals surface area (Å²) in [6.45, 7) is 0. The maximum absolute atomic E-state index is 11.0. The van der Waals surface area contributed by atoms with Crippen LogP contribution < -0.4 is 0 Å². The van der Waals surface area contributed by atoms with Crippen LogP contribution in [0.2, 0.25) is 5.02 Å². The molecule has 0 aliphatic rings. The summed E-state index contributed by atoms with van der Waals surface area (Å²) in [6.07, 6.45) is 0. The van der Waals surface area contributed by atoms with E-state index in [1.807, 2.05) is 24.3 Å². The Balaban J connectivity index is 2.54. The fourth-order valence-corrected chi connectivity index (χ4v) is 2.13. The van der Waals surface area contributed by atoms with E-state index in [0.717, 1.165) is 15.6 Å². The van der Waals surface area contributed by atoms with Crippen molar-refractivity contribution in [3.63, 3.8) is 0 Å². The van der Waals surface area contributed by atoms with Gasteiger partial charge in [0.2, 0.25) is 0 Å². The zero-order valence-corrected chi connectivity index (χ0v) is 11.0. The van der Waals surface area contributed by atoms with E-state index in [4.69, 9.17) is 16.7 Å². The summed E-state index contributed by atoms with van der Waals surface area (Å²) in [7, 11) is 0. The quantitative estimate of drug-likeness (QED) is 0.888.